The first-order chi connectivity index (χ1) is 15.4. The number of hydrogen-bond acceptors (Lipinski definition) is 8. The standard InChI is InChI=1S/C22H32N6O3S/c1-13(2)12-31-21-17(10-24-28(21)3-4-32-18-11-23-27-26-18)20(29)25-19-15-5-14-6-16(19)9-22(30,7-14)8-15/h3-4,10,13-16,19,23,27,30H,5-9,11-12H2,1-2H3,(H,25,29). The van der Waals surface area contributed by atoms with Gasteiger partial charge in [0.2, 0.25) is 5.88 Å². The highest BCUT2D eigenvalue weighted by Gasteiger charge is 2.55. The molecule has 0 saturated heterocycles. The van der Waals surface area contributed by atoms with Crippen LogP contribution in [-0.2, 0) is 0 Å². The maximum atomic E-state index is 13.3. The van der Waals surface area contributed by atoms with E-state index in [9.17, 15) is 9.90 Å². The molecule has 174 valence electrons. The molecule has 10 heteroatoms. The lowest BCUT2D eigenvalue weighted by Gasteiger charge is -2.58. The summed E-state index contributed by atoms with van der Waals surface area (Å²) in [5.74, 6) is 1.96. The Morgan fingerprint density at radius 3 is 2.84 bits per heavy atom. The van der Waals surface area contributed by atoms with E-state index in [1.54, 1.807) is 17.1 Å². The third-order valence-electron chi connectivity index (χ3n) is 6.99. The van der Waals surface area contributed by atoms with Gasteiger partial charge in [0.15, 0.2) is 0 Å². The van der Waals surface area contributed by atoms with Gasteiger partial charge in [-0.15, -0.1) is 0 Å². The number of rotatable bonds is 7. The number of aliphatic hydroxyl groups is 1. The monoisotopic (exact) mass is 460 g/mol. The van der Waals surface area contributed by atoms with Crippen LogP contribution in [-0.4, -0.2) is 50.6 Å². The van der Waals surface area contributed by atoms with Gasteiger partial charge in [-0.05, 0) is 61.2 Å². The normalized spacial score (nSPS) is 33.1. The summed E-state index contributed by atoms with van der Waals surface area (Å²) in [5.41, 5.74) is 5.58. The van der Waals surface area contributed by atoms with E-state index in [2.05, 4.69) is 40.3 Å². The largest absolute Gasteiger partial charge is 0.477 e. The molecule has 2 unspecified atom stereocenters. The maximum absolute atomic E-state index is 13.3. The molecule has 4 aliphatic carbocycles. The minimum atomic E-state index is -0.509. The Bertz CT molecular complexity index is 913. The van der Waals surface area contributed by atoms with E-state index in [4.69, 9.17) is 4.74 Å². The van der Waals surface area contributed by atoms with Gasteiger partial charge >= 0.3 is 0 Å². The molecule has 1 aromatic rings. The summed E-state index contributed by atoms with van der Waals surface area (Å²) in [4.78, 5) is 13.3. The number of nitrogens with zero attached hydrogens (tertiary/aromatic N) is 3. The minimum absolute atomic E-state index is 0.118. The third-order valence-corrected chi connectivity index (χ3v) is 7.76. The van der Waals surface area contributed by atoms with Gasteiger partial charge in [0.25, 0.3) is 5.91 Å². The van der Waals surface area contributed by atoms with Gasteiger partial charge in [0.1, 0.15) is 10.6 Å². The number of hydrogen-bond donors (Lipinski definition) is 4. The molecule has 0 spiro atoms. The van der Waals surface area contributed by atoms with Gasteiger partial charge in [0, 0.05) is 12.2 Å². The molecule has 2 heterocycles. The first-order valence-electron chi connectivity index (χ1n) is 11.5. The topological polar surface area (TPSA) is 113 Å². The number of amides is 1. The van der Waals surface area contributed by atoms with E-state index in [1.165, 1.54) is 11.8 Å². The van der Waals surface area contributed by atoms with E-state index in [0.29, 0.717) is 48.3 Å². The summed E-state index contributed by atoms with van der Waals surface area (Å²) in [5, 5.41) is 25.4. The third kappa shape index (κ3) is 4.40. The average molecular weight is 461 g/mol. The van der Waals surface area contributed by atoms with Crippen molar-refractivity contribution in [1.29, 1.82) is 0 Å². The zero-order valence-electron chi connectivity index (χ0n) is 18.6. The molecule has 1 aliphatic heterocycles. The first-order valence-corrected chi connectivity index (χ1v) is 12.4. The maximum Gasteiger partial charge on any atom is 0.258 e. The zero-order valence-corrected chi connectivity index (χ0v) is 19.4. The number of carbonyl (C=O) groups is 1. The zero-order chi connectivity index (χ0) is 22.3. The Balaban J connectivity index is 1.31. The van der Waals surface area contributed by atoms with Gasteiger partial charge < -0.3 is 15.2 Å². The Morgan fingerprint density at radius 2 is 2.19 bits per heavy atom. The van der Waals surface area contributed by atoms with Crippen molar-refractivity contribution < 1.29 is 14.6 Å². The van der Waals surface area contributed by atoms with E-state index < -0.39 is 5.60 Å². The summed E-state index contributed by atoms with van der Waals surface area (Å²) in [6.07, 6.45) is 8.11. The Labute approximate surface area is 192 Å². The summed E-state index contributed by atoms with van der Waals surface area (Å²) in [6, 6.07) is 0.118. The van der Waals surface area contributed by atoms with E-state index >= 15 is 0 Å². The summed E-state index contributed by atoms with van der Waals surface area (Å²) >= 11 is 1.48. The highest BCUT2D eigenvalue weighted by atomic mass is 32.2. The van der Waals surface area contributed by atoms with Crippen molar-refractivity contribution in [2.75, 3.05) is 13.2 Å². The number of hydrazine groups is 1. The van der Waals surface area contributed by atoms with Gasteiger partial charge in [-0.3, -0.25) is 4.79 Å². The fourth-order valence-electron chi connectivity index (χ4n) is 5.94. The van der Waals surface area contributed by atoms with Crippen molar-refractivity contribution in [1.82, 2.24) is 26.1 Å². The molecule has 2 atom stereocenters. The van der Waals surface area contributed by atoms with Crippen molar-refractivity contribution in [2.24, 2.45) is 28.8 Å². The van der Waals surface area contributed by atoms with E-state index in [1.807, 2.05) is 5.41 Å². The van der Waals surface area contributed by atoms with Crippen molar-refractivity contribution in [3.05, 3.63) is 17.2 Å². The SMILES string of the molecule is CC(C)COc1c(C(=O)NC2C3CC4CC2CC(O)(C4)C3)cnn1C=CSC1=NNNC1. The highest BCUT2D eigenvalue weighted by molar-refractivity contribution is 8.16. The van der Waals surface area contributed by atoms with Gasteiger partial charge in [0.05, 0.1) is 24.9 Å². The summed E-state index contributed by atoms with van der Waals surface area (Å²) in [7, 11) is 0. The molecule has 6 rings (SSSR count). The van der Waals surface area contributed by atoms with Crippen molar-refractivity contribution in [3.8, 4) is 5.88 Å². The molecule has 4 fully saturated rings. The highest BCUT2D eigenvalue weighted by Crippen LogP contribution is 2.55. The number of ether oxygens (including phenoxy) is 1. The molecule has 0 radical (unpaired) electrons. The van der Waals surface area contributed by atoms with Crippen molar-refractivity contribution in [3.63, 3.8) is 0 Å². The number of hydrazone groups is 1. The van der Waals surface area contributed by atoms with Gasteiger partial charge in [-0.25, -0.2) is 15.6 Å². The van der Waals surface area contributed by atoms with E-state index in [0.717, 1.165) is 37.1 Å². The van der Waals surface area contributed by atoms with Crippen LogP contribution in [0, 0.1) is 23.7 Å². The van der Waals surface area contributed by atoms with Crippen LogP contribution in [0.1, 0.15) is 56.3 Å². The van der Waals surface area contributed by atoms with Crippen LogP contribution in [0.5, 0.6) is 5.88 Å². The van der Waals surface area contributed by atoms with Crippen LogP contribution in [0.25, 0.3) is 6.20 Å². The fourth-order valence-corrected chi connectivity index (χ4v) is 6.53. The van der Waals surface area contributed by atoms with Crippen LogP contribution in [0.2, 0.25) is 0 Å². The van der Waals surface area contributed by atoms with Crippen molar-refractivity contribution in [2.45, 2.75) is 57.6 Å². The van der Waals surface area contributed by atoms with Crippen LogP contribution in [0.3, 0.4) is 0 Å². The molecule has 0 aromatic carbocycles. The van der Waals surface area contributed by atoms with Crippen LogP contribution < -0.4 is 21.0 Å². The average Bonchev–Trinajstić information content (AvgIpc) is 3.38. The second-order valence-electron chi connectivity index (χ2n) is 10.1. The molecule has 9 nitrogen and oxygen atoms in total. The Kier molecular flexibility index (Phi) is 5.94. The molecule has 1 amide bonds. The molecule has 32 heavy (non-hydrogen) atoms. The number of carbonyl (C=O) groups excluding carboxylic acids is 1. The first kappa shape index (κ1) is 21.8. The Morgan fingerprint density at radius 1 is 1.41 bits per heavy atom. The molecule has 1 aromatic heterocycles. The quantitative estimate of drug-likeness (QED) is 0.493. The second-order valence-corrected chi connectivity index (χ2v) is 11.1. The molecular formula is C22H32N6O3S. The fraction of sp³-hybridized carbons (Fsp3) is 0.682. The number of aromatic nitrogens is 2. The lowest BCUT2D eigenvalue weighted by molar-refractivity contribution is -0.136. The van der Waals surface area contributed by atoms with Crippen LogP contribution >= 0.6 is 11.8 Å². The molecule has 4 bridgehead atoms. The van der Waals surface area contributed by atoms with Gasteiger partial charge in [-0.2, -0.15) is 10.2 Å². The Hall–Kier alpha value is -2.04. The lowest BCUT2D eigenvalue weighted by atomic mass is 9.52. The molecule has 4 N–H and O–H groups in total. The van der Waals surface area contributed by atoms with E-state index in [-0.39, 0.29) is 11.9 Å². The predicted octanol–water partition coefficient (Wildman–Crippen LogP) is 2.17. The lowest BCUT2D eigenvalue weighted by Crippen LogP contribution is -2.61. The molecule has 5 aliphatic rings. The summed E-state index contributed by atoms with van der Waals surface area (Å²) < 4.78 is 7.63. The number of nitrogens with one attached hydrogen (secondary N) is 3. The minimum Gasteiger partial charge on any atom is -0.477 e. The van der Waals surface area contributed by atoms with Gasteiger partial charge in [-0.1, -0.05) is 25.6 Å². The van der Waals surface area contributed by atoms with Crippen LogP contribution in [0.15, 0.2) is 16.7 Å². The second kappa shape index (κ2) is 8.72. The molecule has 4 saturated carbocycles. The molecular weight excluding hydrogens is 428 g/mol. The number of thioether (sulfide) groups is 1. The predicted molar refractivity (Wildman–Crippen MR) is 124 cm³/mol. The summed E-state index contributed by atoms with van der Waals surface area (Å²) in [6.45, 7) is 5.31. The smallest absolute Gasteiger partial charge is 0.258 e. The van der Waals surface area contributed by atoms with Crippen LogP contribution in [0.4, 0.5) is 0 Å². The van der Waals surface area contributed by atoms with Crippen molar-refractivity contribution >= 4 is 28.9 Å².